The van der Waals surface area contributed by atoms with Crippen LogP contribution in [0.4, 0.5) is 0 Å². The third-order valence-electron chi connectivity index (χ3n) is 3.16. The fourth-order valence-electron chi connectivity index (χ4n) is 2.23. The number of rotatable bonds is 3. The van der Waals surface area contributed by atoms with Crippen LogP contribution in [0, 0.1) is 0 Å². The molecule has 3 nitrogen and oxygen atoms in total. The van der Waals surface area contributed by atoms with Crippen molar-refractivity contribution < 1.29 is 4.74 Å². The van der Waals surface area contributed by atoms with E-state index in [9.17, 15) is 0 Å². The van der Waals surface area contributed by atoms with Crippen LogP contribution in [0.1, 0.15) is 37.1 Å². The van der Waals surface area contributed by atoms with Crippen molar-refractivity contribution in [1.82, 2.24) is 5.43 Å². The van der Waals surface area contributed by atoms with Gasteiger partial charge >= 0.3 is 0 Å². The summed E-state index contributed by atoms with van der Waals surface area (Å²) in [5.41, 5.74) is 2.65. The second-order valence-electron chi connectivity index (χ2n) is 4.36. The van der Waals surface area contributed by atoms with Crippen molar-refractivity contribution in [3.8, 4) is 0 Å². The third kappa shape index (κ3) is 2.41. The van der Waals surface area contributed by atoms with E-state index in [0.29, 0.717) is 0 Å². The first-order valence-electron chi connectivity index (χ1n) is 5.51. The molecule has 0 aromatic carbocycles. The van der Waals surface area contributed by atoms with Crippen LogP contribution in [-0.4, -0.2) is 12.2 Å². The van der Waals surface area contributed by atoms with Gasteiger partial charge in [-0.05, 0) is 38.3 Å². The van der Waals surface area contributed by atoms with Gasteiger partial charge in [-0.2, -0.15) is 0 Å². The molecule has 2 rings (SSSR count). The molecule has 1 aromatic rings. The maximum atomic E-state index is 5.95. The van der Waals surface area contributed by atoms with Gasteiger partial charge in [0.1, 0.15) is 0 Å². The van der Waals surface area contributed by atoms with Crippen molar-refractivity contribution in [2.24, 2.45) is 5.84 Å². The molecule has 0 radical (unpaired) electrons. The molecular weight excluding hydrogens is 244 g/mol. The zero-order valence-electron chi connectivity index (χ0n) is 9.33. The lowest BCUT2D eigenvalue weighted by molar-refractivity contribution is -0.0891. The molecular formula is C11H17ClN2OS. The maximum Gasteiger partial charge on any atom is 0.0931 e. The van der Waals surface area contributed by atoms with Crippen LogP contribution in [0.2, 0.25) is 4.34 Å². The van der Waals surface area contributed by atoms with Gasteiger partial charge in [0, 0.05) is 11.5 Å². The first-order valence-corrected chi connectivity index (χ1v) is 6.70. The zero-order chi connectivity index (χ0) is 11.6. The number of nitrogens with two attached hydrogens (primary N) is 1. The first-order chi connectivity index (χ1) is 7.65. The number of ether oxygens (including phenoxy) is 1. The maximum absolute atomic E-state index is 5.95. The number of thiophene rings is 1. The van der Waals surface area contributed by atoms with Gasteiger partial charge in [0.2, 0.25) is 0 Å². The average Bonchev–Trinajstić information content (AvgIpc) is 2.66. The molecule has 2 unspecified atom stereocenters. The van der Waals surface area contributed by atoms with Crippen molar-refractivity contribution in [3.05, 3.63) is 21.3 Å². The summed E-state index contributed by atoms with van der Waals surface area (Å²) in [5, 5.41) is 0. The molecule has 0 spiro atoms. The number of halogens is 1. The van der Waals surface area contributed by atoms with Gasteiger partial charge in [-0.3, -0.25) is 5.84 Å². The Morgan fingerprint density at radius 1 is 1.56 bits per heavy atom. The van der Waals surface area contributed by atoms with Crippen molar-refractivity contribution in [3.63, 3.8) is 0 Å². The molecule has 1 aliphatic rings. The monoisotopic (exact) mass is 260 g/mol. The van der Waals surface area contributed by atoms with Gasteiger partial charge in [-0.1, -0.05) is 11.6 Å². The molecule has 0 bridgehead atoms. The van der Waals surface area contributed by atoms with Crippen LogP contribution in [0.25, 0.3) is 0 Å². The molecule has 90 valence electrons. The normalized spacial score (nSPS) is 27.9. The molecule has 0 amide bonds. The van der Waals surface area contributed by atoms with Crippen LogP contribution in [0.5, 0.6) is 0 Å². The van der Waals surface area contributed by atoms with Crippen LogP contribution >= 0.6 is 22.9 Å². The highest BCUT2D eigenvalue weighted by Crippen LogP contribution is 2.39. The highest BCUT2D eigenvalue weighted by molar-refractivity contribution is 7.16. The summed E-state index contributed by atoms with van der Waals surface area (Å²) in [6, 6.07) is 3.93. The van der Waals surface area contributed by atoms with E-state index >= 15 is 0 Å². The van der Waals surface area contributed by atoms with E-state index in [1.165, 1.54) is 6.42 Å². The summed E-state index contributed by atoms with van der Waals surface area (Å²) in [7, 11) is 0. The first kappa shape index (κ1) is 12.3. The van der Waals surface area contributed by atoms with Gasteiger partial charge in [-0.25, -0.2) is 5.43 Å². The molecule has 1 fully saturated rings. The molecule has 1 aliphatic heterocycles. The molecule has 0 aliphatic carbocycles. The van der Waals surface area contributed by atoms with Crippen LogP contribution in [0.15, 0.2) is 12.1 Å². The second kappa shape index (κ2) is 5.02. The standard InChI is InChI=1S/C11H17ClN2OS/c1-11(6-2-3-7-15-11)10(14-13)8-4-5-9(12)16-8/h4-5,10,14H,2-3,6-7,13H2,1H3. The Hall–Kier alpha value is -0.130. The second-order valence-corrected chi connectivity index (χ2v) is 6.11. The van der Waals surface area contributed by atoms with Gasteiger partial charge in [0.05, 0.1) is 16.0 Å². The number of nitrogens with one attached hydrogen (secondary N) is 1. The minimum atomic E-state index is -0.221. The molecule has 1 aromatic heterocycles. The molecule has 0 saturated carbocycles. The van der Waals surface area contributed by atoms with E-state index in [2.05, 4.69) is 12.3 Å². The predicted octanol–water partition coefficient (Wildman–Crippen LogP) is 2.87. The Bertz CT molecular complexity index is 350. The number of hydrogen-bond acceptors (Lipinski definition) is 4. The van der Waals surface area contributed by atoms with E-state index in [1.54, 1.807) is 11.3 Å². The Morgan fingerprint density at radius 3 is 2.88 bits per heavy atom. The Balaban J connectivity index is 2.20. The Labute approximate surface area is 105 Å². The lowest BCUT2D eigenvalue weighted by Gasteiger charge is -2.39. The summed E-state index contributed by atoms with van der Waals surface area (Å²) in [4.78, 5) is 1.14. The van der Waals surface area contributed by atoms with Crippen LogP contribution in [0.3, 0.4) is 0 Å². The Morgan fingerprint density at radius 2 is 2.38 bits per heavy atom. The lowest BCUT2D eigenvalue weighted by Crippen LogP contribution is -2.47. The predicted molar refractivity (Wildman–Crippen MR) is 67.6 cm³/mol. The van der Waals surface area contributed by atoms with E-state index in [-0.39, 0.29) is 11.6 Å². The fraction of sp³-hybridized carbons (Fsp3) is 0.636. The molecule has 5 heteroatoms. The zero-order valence-corrected chi connectivity index (χ0v) is 10.9. The average molecular weight is 261 g/mol. The molecule has 3 N–H and O–H groups in total. The molecule has 2 heterocycles. The number of hydrazine groups is 1. The highest BCUT2D eigenvalue weighted by Gasteiger charge is 2.38. The van der Waals surface area contributed by atoms with E-state index in [0.717, 1.165) is 28.7 Å². The van der Waals surface area contributed by atoms with Gasteiger partial charge in [0.25, 0.3) is 0 Å². The summed E-state index contributed by atoms with van der Waals surface area (Å²) in [5.74, 6) is 5.66. The lowest BCUT2D eigenvalue weighted by atomic mass is 9.87. The van der Waals surface area contributed by atoms with Gasteiger partial charge in [0.15, 0.2) is 0 Å². The van der Waals surface area contributed by atoms with Gasteiger partial charge in [-0.15, -0.1) is 11.3 Å². The summed E-state index contributed by atoms with van der Waals surface area (Å²) >= 11 is 7.51. The molecule has 2 atom stereocenters. The smallest absolute Gasteiger partial charge is 0.0931 e. The summed E-state index contributed by atoms with van der Waals surface area (Å²) < 4.78 is 6.69. The quantitative estimate of drug-likeness (QED) is 0.649. The van der Waals surface area contributed by atoms with E-state index in [1.807, 2.05) is 12.1 Å². The number of hydrogen-bond donors (Lipinski definition) is 2. The SMILES string of the molecule is CC1(C(NN)c2ccc(Cl)s2)CCCCO1. The van der Waals surface area contributed by atoms with Crippen molar-refractivity contribution in [2.75, 3.05) is 6.61 Å². The highest BCUT2D eigenvalue weighted by atomic mass is 35.5. The summed E-state index contributed by atoms with van der Waals surface area (Å²) in [6.07, 6.45) is 3.35. The fourth-order valence-corrected chi connectivity index (χ4v) is 3.49. The Kier molecular flexibility index (Phi) is 3.87. The summed E-state index contributed by atoms with van der Waals surface area (Å²) in [6.45, 7) is 2.93. The van der Waals surface area contributed by atoms with E-state index < -0.39 is 0 Å². The van der Waals surface area contributed by atoms with E-state index in [4.69, 9.17) is 22.2 Å². The van der Waals surface area contributed by atoms with Crippen LogP contribution < -0.4 is 11.3 Å². The largest absolute Gasteiger partial charge is 0.373 e. The minimum absolute atomic E-state index is 0.0188. The van der Waals surface area contributed by atoms with Crippen LogP contribution in [-0.2, 0) is 4.74 Å². The van der Waals surface area contributed by atoms with Crippen molar-refractivity contribution in [2.45, 2.75) is 37.8 Å². The molecule has 1 saturated heterocycles. The van der Waals surface area contributed by atoms with Gasteiger partial charge < -0.3 is 4.74 Å². The molecule has 16 heavy (non-hydrogen) atoms. The van der Waals surface area contributed by atoms with Crippen molar-refractivity contribution >= 4 is 22.9 Å². The third-order valence-corrected chi connectivity index (χ3v) is 4.45. The minimum Gasteiger partial charge on any atom is -0.373 e. The van der Waals surface area contributed by atoms with Crippen molar-refractivity contribution in [1.29, 1.82) is 0 Å². The topological polar surface area (TPSA) is 47.3 Å².